The lowest BCUT2D eigenvalue weighted by atomic mass is 9.85. The van der Waals surface area contributed by atoms with Crippen LogP contribution in [0.5, 0.6) is 0 Å². The molecule has 0 aromatic heterocycles. The van der Waals surface area contributed by atoms with E-state index < -0.39 is 17.5 Å². The minimum absolute atomic E-state index is 0.191. The first-order valence-corrected chi connectivity index (χ1v) is 10.4. The van der Waals surface area contributed by atoms with Crippen molar-refractivity contribution in [3.63, 3.8) is 0 Å². The van der Waals surface area contributed by atoms with Crippen LogP contribution in [-0.4, -0.2) is 11.1 Å². The molecule has 0 amide bonds. The summed E-state index contributed by atoms with van der Waals surface area (Å²) in [6.07, 6.45) is 4.94. The van der Waals surface area contributed by atoms with Gasteiger partial charge in [0.25, 0.3) is 0 Å². The molecule has 1 heterocycles. The number of carboxylic acid groups (broad SMARTS) is 1. The third kappa shape index (κ3) is 5.10. The second-order valence-electron chi connectivity index (χ2n) is 7.47. The Morgan fingerprint density at radius 3 is 2.09 bits per heavy atom. The molecule has 0 fully saturated rings. The smallest absolute Gasteiger partial charge is 0.354 e. The van der Waals surface area contributed by atoms with Crippen molar-refractivity contribution in [2.45, 2.75) is 5.92 Å². The van der Waals surface area contributed by atoms with E-state index in [0.29, 0.717) is 11.3 Å². The Morgan fingerprint density at radius 1 is 0.909 bits per heavy atom. The molecule has 0 saturated heterocycles. The molecule has 33 heavy (non-hydrogen) atoms. The Labute approximate surface area is 191 Å². The number of hydrogen-bond donors (Lipinski definition) is 2. The minimum atomic E-state index is -1.54. The van der Waals surface area contributed by atoms with Gasteiger partial charge in [-0.05, 0) is 23.3 Å². The van der Waals surface area contributed by atoms with E-state index >= 15 is 0 Å². The zero-order chi connectivity index (χ0) is 23.2. The van der Waals surface area contributed by atoms with Crippen molar-refractivity contribution in [3.05, 3.63) is 143 Å². The quantitative estimate of drug-likeness (QED) is 0.476. The summed E-state index contributed by atoms with van der Waals surface area (Å²) in [6, 6.07) is 28.8. The summed E-state index contributed by atoms with van der Waals surface area (Å²) < 4.78 is 20.9. The highest BCUT2D eigenvalue weighted by molar-refractivity contribution is 5.86. The van der Waals surface area contributed by atoms with E-state index in [1.807, 2.05) is 103 Å². The van der Waals surface area contributed by atoms with Gasteiger partial charge in [0.1, 0.15) is 11.5 Å². The lowest BCUT2D eigenvalue weighted by molar-refractivity contribution is -0.132. The molecule has 3 aromatic carbocycles. The van der Waals surface area contributed by atoms with Crippen LogP contribution in [0.25, 0.3) is 11.8 Å². The Balaban J connectivity index is 1.94. The Hall–Kier alpha value is -4.38. The molecule has 0 bridgehead atoms. The third-order valence-electron chi connectivity index (χ3n) is 5.24. The number of aliphatic carboxylic acids is 1. The van der Waals surface area contributed by atoms with Gasteiger partial charge in [0.15, 0.2) is 11.5 Å². The summed E-state index contributed by atoms with van der Waals surface area (Å²) in [5.74, 6) is -2.14. The summed E-state index contributed by atoms with van der Waals surface area (Å²) in [6.45, 7) is 0. The lowest BCUT2D eigenvalue weighted by Crippen LogP contribution is -2.14. The van der Waals surface area contributed by atoms with Crippen molar-refractivity contribution in [3.8, 4) is 0 Å². The van der Waals surface area contributed by atoms with Crippen LogP contribution in [0.2, 0.25) is 0 Å². The molecule has 164 valence electrons. The predicted molar refractivity (Wildman–Crippen MR) is 127 cm³/mol. The Kier molecular flexibility index (Phi) is 6.51. The maximum atomic E-state index is 14.8. The van der Waals surface area contributed by atoms with Crippen LogP contribution < -0.4 is 5.73 Å². The van der Waals surface area contributed by atoms with Gasteiger partial charge in [-0.1, -0.05) is 91.0 Å². The SMILES string of the molecule is NC(C(=O)O)=C(F)C=C1OC(c2ccccc2)=CC(c2ccccc2)C1=Cc1ccccc1. The van der Waals surface area contributed by atoms with E-state index in [-0.39, 0.29) is 11.7 Å². The van der Waals surface area contributed by atoms with Crippen LogP contribution in [0.15, 0.2) is 126 Å². The molecule has 3 N–H and O–H groups in total. The second kappa shape index (κ2) is 9.83. The fourth-order valence-electron chi connectivity index (χ4n) is 3.60. The average Bonchev–Trinajstić information content (AvgIpc) is 2.86. The van der Waals surface area contributed by atoms with Gasteiger partial charge in [-0.3, -0.25) is 0 Å². The maximum absolute atomic E-state index is 14.8. The monoisotopic (exact) mass is 439 g/mol. The molecule has 1 aliphatic rings. The largest absolute Gasteiger partial charge is 0.477 e. The molecule has 1 unspecified atom stereocenters. The number of ether oxygens (including phenoxy) is 1. The Bertz CT molecular complexity index is 1260. The molecule has 1 aliphatic heterocycles. The molecule has 1 atom stereocenters. The van der Waals surface area contributed by atoms with Crippen LogP contribution in [0, 0.1) is 0 Å². The van der Waals surface area contributed by atoms with E-state index in [9.17, 15) is 9.18 Å². The van der Waals surface area contributed by atoms with Crippen molar-refractivity contribution in [2.75, 3.05) is 0 Å². The fourth-order valence-corrected chi connectivity index (χ4v) is 3.60. The van der Waals surface area contributed by atoms with Gasteiger partial charge < -0.3 is 15.6 Å². The number of halogens is 1. The summed E-state index contributed by atoms with van der Waals surface area (Å²) in [5.41, 5.74) is 7.94. The number of nitrogens with two attached hydrogens (primary N) is 1. The first-order chi connectivity index (χ1) is 16.0. The zero-order valence-corrected chi connectivity index (χ0v) is 17.7. The summed E-state index contributed by atoms with van der Waals surface area (Å²) in [5, 5.41) is 9.12. The Morgan fingerprint density at radius 2 is 1.48 bits per heavy atom. The summed E-state index contributed by atoms with van der Waals surface area (Å²) in [7, 11) is 0. The maximum Gasteiger partial charge on any atom is 0.354 e. The normalized spacial score (nSPS) is 18.9. The van der Waals surface area contributed by atoms with E-state index in [0.717, 1.165) is 22.8 Å². The minimum Gasteiger partial charge on any atom is -0.477 e. The van der Waals surface area contributed by atoms with Gasteiger partial charge in [-0.15, -0.1) is 0 Å². The van der Waals surface area contributed by atoms with Gasteiger partial charge >= 0.3 is 5.97 Å². The average molecular weight is 439 g/mol. The first-order valence-electron chi connectivity index (χ1n) is 10.4. The highest BCUT2D eigenvalue weighted by Crippen LogP contribution is 2.42. The van der Waals surface area contributed by atoms with Gasteiger partial charge in [-0.2, -0.15) is 0 Å². The summed E-state index contributed by atoms with van der Waals surface area (Å²) >= 11 is 0. The van der Waals surface area contributed by atoms with E-state index in [1.54, 1.807) is 0 Å². The first kappa shape index (κ1) is 21.8. The van der Waals surface area contributed by atoms with Crippen LogP contribution >= 0.6 is 0 Å². The number of allylic oxidation sites excluding steroid dienone is 4. The molecule has 5 heteroatoms. The van der Waals surface area contributed by atoms with Crippen molar-refractivity contribution >= 4 is 17.8 Å². The van der Waals surface area contributed by atoms with Crippen LogP contribution in [0.3, 0.4) is 0 Å². The number of rotatable bonds is 5. The van der Waals surface area contributed by atoms with E-state index in [4.69, 9.17) is 15.6 Å². The molecule has 0 saturated carbocycles. The van der Waals surface area contributed by atoms with Crippen LogP contribution in [-0.2, 0) is 9.53 Å². The van der Waals surface area contributed by atoms with Crippen molar-refractivity contribution in [2.24, 2.45) is 5.73 Å². The van der Waals surface area contributed by atoms with E-state index in [2.05, 4.69) is 0 Å². The molecule has 4 nitrogen and oxygen atoms in total. The van der Waals surface area contributed by atoms with Crippen LogP contribution in [0.4, 0.5) is 4.39 Å². The molecule has 4 rings (SSSR count). The molecule has 0 aliphatic carbocycles. The highest BCUT2D eigenvalue weighted by atomic mass is 19.1. The molecule has 3 aromatic rings. The van der Waals surface area contributed by atoms with Gasteiger partial charge in [0.2, 0.25) is 0 Å². The second-order valence-corrected chi connectivity index (χ2v) is 7.47. The van der Waals surface area contributed by atoms with Gasteiger partial charge in [0, 0.05) is 23.1 Å². The van der Waals surface area contributed by atoms with Crippen molar-refractivity contribution < 1.29 is 19.0 Å². The predicted octanol–water partition coefficient (Wildman–Crippen LogP) is 6.03. The number of hydrogen-bond acceptors (Lipinski definition) is 3. The lowest BCUT2D eigenvalue weighted by Gasteiger charge is -2.28. The van der Waals surface area contributed by atoms with E-state index in [1.165, 1.54) is 0 Å². The molecular weight excluding hydrogens is 417 g/mol. The standard InChI is InChI=1S/C28H22FNO3/c29-24(27(30)28(31)32)18-26-23(16-19-10-4-1-5-11-19)22(20-12-6-2-7-13-20)17-25(33-26)21-14-8-3-9-15-21/h1-18,22H,30H2,(H,31,32). The highest BCUT2D eigenvalue weighted by Gasteiger charge is 2.28. The zero-order valence-electron chi connectivity index (χ0n) is 17.7. The fraction of sp³-hybridized carbons (Fsp3) is 0.0357. The number of carboxylic acids is 1. The van der Waals surface area contributed by atoms with Crippen molar-refractivity contribution in [1.29, 1.82) is 0 Å². The van der Waals surface area contributed by atoms with Gasteiger partial charge in [0.05, 0.1) is 0 Å². The molecule has 0 radical (unpaired) electrons. The molecule has 0 spiro atoms. The number of carbonyl (C=O) groups is 1. The topological polar surface area (TPSA) is 72.6 Å². The number of benzene rings is 3. The third-order valence-corrected chi connectivity index (χ3v) is 5.24. The van der Waals surface area contributed by atoms with Crippen LogP contribution in [0.1, 0.15) is 22.6 Å². The molecular formula is C28H22FNO3. The summed E-state index contributed by atoms with van der Waals surface area (Å²) in [4.78, 5) is 11.2. The van der Waals surface area contributed by atoms with Gasteiger partial charge in [-0.25, -0.2) is 9.18 Å². The van der Waals surface area contributed by atoms with Crippen molar-refractivity contribution in [1.82, 2.24) is 0 Å².